The minimum atomic E-state index is -5.01. The number of halogens is 16. The molecule has 3 saturated carbocycles. The summed E-state index contributed by atoms with van der Waals surface area (Å²) in [7, 11) is -0.795. The fraction of sp³-hybridized carbons (Fsp3) is 0.305. The standard InChI is InChI=1S/C25H19F5N2O4.C25H17F5N2O4.C18H14ClF2NO3.C14H16BF3O3/c2*1-13-5-8-19(31-20(13)14-3-2-4-15(11-14)21(33)24(26,27)28)32-22(34)23(9-10-23)16-6-7-17-18(12-16)36-25(29,30)35-17;1-10-2-4-12(9-13(10)19)22-16(23)17(6-7-17)11-3-5-14-15(8-11)25-18(20,21)24-14;1-12(2)13(3,4)21-15(20-12)10-7-5-6-9(8-10)11(19)14(16,17)18/h2-8,11-12,21,33H,9-10H2,1H3,(H,31,32,34);2-8,11-12H,9-10H2,1H3,(H,31,32,34);2-5,8-9H,6-7H2,1H3,(H,22,23);5-8H,1-4H3. The average molecular weight is 1680 g/mol. The van der Waals surface area contributed by atoms with Gasteiger partial charge in [0.2, 0.25) is 17.7 Å². The smallest absolute Gasteiger partial charge is 0.399 e. The number of rotatable bonds is 15. The van der Waals surface area contributed by atoms with Crippen LogP contribution in [0, 0.1) is 20.8 Å². The molecule has 618 valence electrons. The number of aliphatic hydroxyl groups is 1. The third kappa shape index (κ3) is 17.9. The fourth-order valence-corrected chi connectivity index (χ4v) is 13.4. The molecule has 0 spiro atoms. The summed E-state index contributed by atoms with van der Waals surface area (Å²) in [5.41, 5.74) is 0.843. The summed E-state index contributed by atoms with van der Waals surface area (Å²) in [6, 6.07) is 40.1. The SMILES string of the molecule is CC1(C)OB(c2cccc(C(=O)C(F)(F)F)c2)OC1(C)C.Cc1ccc(NC(=O)C2(c3ccc4c(c3)OC(F)(F)O4)CC2)cc1Cl.Cc1ccc(NC(=O)C2(c3ccc4c(c3)OC(F)(F)O4)CC2)nc1-c1cccc(C(=O)C(F)(F)F)c1.Cc1ccc(NC(=O)C2(c3ccc4c(c3)OC(F)(F)O4)CC2)nc1-c1cccc(C(O)C(F)(F)F)c1. The Bertz CT molecular complexity index is 5480. The lowest BCUT2D eigenvalue weighted by atomic mass is 9.78. The molecule has 7 aromatic carbocycles. The molecule has 6 heterocycles. The predicted molar refractivity (Wildman–Crippen MR) is 396 cm³/mol. The zero-order chi connectivity index (χ0) is 85.6. The lowest BCUT2D eigenvalue weighted by molar-refractivity contribution is -0.287. The molecule has 4 N–H and O–H groups in total. The first-order chi connectivity index (χ1) is 55.0. The number of ketones is 2. The summed E-state index contributed by atoms with van der Waals surface area (Å²) in [5, 5.41) is 18.5. The van der Waals surface area contributed by atoms with Gasteiger partial charge in [-0.1, -0.05) is 109 Å². The summed E-state index contributed by atoms with van der Waals surface area (Å²) in [6.45, 7) is 12.7. The number of nitrogens with zero attached hydrogens (tertiary/aromatic N) is 2. The number of alkyl halides is 15. The van der Waals surface area contributed by atoms with E-state index < -0.39 is 113 Å². The lowest BCUT2D eigenvalue weighted by Crippen LogP contribution is -2.41. The van der Waals surface area contributed by atoms with Crippen LogP contribution in [0.3, 0.4) is 0 Å². The fourth-order valence-electron chi connectivity index (χ4n) is 13.2. The van der Waals surface area contributed by atoms with Gasteiger partial charge in [-0.05, 0) is 204 Å². The van der Waals surface area contributed by atoms with Crippen molar-refractivity contribution in [2.75, 3.05) is 16.0 Å². The Hall–Kier alpha value is -11.4. The van der Waals surface area contributed by atoms with E-state index in [1.54, 1.807) is 62.4 Å². The van der Waals surface area contributed by atoms with Crippen molar-refractivity contribution in [3.05, 3.63) is 225 Å². The highest BCUT2D eigenvalue weighted by Crippen LogP contribution is 2.56. The molecule has 118 heavy (non-hydrogen) atoms. The van der Waals surface area contributed by atoms with Crippen LogP contribution in [0.2, 0.25) is 5.02 Å². The van der Waals surface area contributed by atoms with Crippen LogP contribution < -0.4 is 49.8 Å². The van der Waals surface area contributed by atoms with Crippen molar-refractivity contribution < 1.29 is 133 Å². The summed E-state index contributed by atoms with van der Waals surface area (Å²) in [5.74, 6) is -5.22. The van der Waals surface area contributed by atoms with E-state index in [9.17, 15) is 94.9 Å². The van der Waals surface area contributed by atoms with Gasteiger partial charge in [-0.3, -0.25) is 24.0 Å². The molecule has 16 rings (SSSR count). The van der Waals surface area contributed by atoms with Crippen LogP contribution in [0.4, 0.5) is 83.2 Å². The van der Waals surface area contributed by atoms with Crippen LogP contribution in [0.1, 0.15) is 132 Å². The van der Waals surface area contributed by atoms with Gasteiger partial charge < -0.3 is 58.8 Å². The van der Waals surface area contributed by atoms with Gasteiger partial charge in [0.25, 0.3) is 11.6 Å². The number of aryl methyl sites for hydroxylation is 3. The van der Waals surface area contributed by atoms with Gasteiger partial charge in [0.15, 0.2) is 40.6 Å². The highest BCUT2D eigenvalue weighted by atomic mass is 35.5. The number of ether oxygens (including phenoxy) is 6. The topological polar surface area (TPSA) is 241 Å². The van der Waals surface area contributed by atoms with Crippen LogP contribution in [-0.2, 0) is 39.9 Å². The van der Waals surface area contributed by atoms with E-state index >= 15 is 0 Å². The molecule has 4 aliphatic heterocycles. The van der Waals surface area contributed by atoms with Gasteiger partial charge in [-0.15, -0.1) is 26.3 Å². The third-order valence-corrected chi connectivity index (χ3v) is 21.3. The number of fused-ring (bicyclic) bond motifs is 3. The first-order valence-corrected chi connectivity index (χ1v) is 36.4. The molecule has 0 radical (unpaired) electrons. The Balaban J connectivity index is 0.000000140. The van der Waals surface area contributed by atoms with Gasteiger partial charge in [0.1, 0.15) is 11.6 Å². The predicted octanol–water partition coefficient (Wildman–Crippen LogP) is 18.8. The maximum Gasteiger partial charge on any atom is 0.586 e. The second-order valence-electron chi connectivity index (χ2n) is 29.8. The summed E-state index contributed by atoms with van der Waals surface area (Å²) in [4.78, 5) is 70.8. The van der Waals surface area contributed by atoms with Crippen LogP contribution in [0.15, 0.2) is 170 Å². The first-order valence-electron chi connectivity index (χ1n) is 36.0. The molecule has 4 fully saturated rings. The van der Waals surface area contributed by atoms with Crippen molar-refractivity contribution in [1.29, 1.82) is 0 Å². The molecule has 3 amide bonds. The van der Waals surface area contributed by atoms with Gasteiger partial charge in [-0.25, -0.2) is 9.97 Å². The van der Waals surface area contributed by atoms with Crippen molar-refractivity contribution in [2.45, 2.75) is 158 Å². The largest absolute Gasteiger partial charge is 0.586 e. The van der Waals surface area contributed by atoms with E-state index in [-0.39, 0.29) is 63.2 Å². The molecule has 2 aromatic heterocycles. The summed E-state index contributed by atoms with van der Waals surface area (Å²) < 4.78 is 233. The summed E-state index contributed by atoms with van der Waals surface area (Å²) >= 11 is 6.08. The van der Waals surface area contributed by atoms with E-state index in [4.69, 9.17) is 20.9 Å². The molecule has 36 heteroatoms. The van der Waals surface area contributed by atoms with Crippen molar-refractivity contribution in [2.24, 2.45) is 0 Å². The molecular formula is C82H66BClF15N5O14. The minimum absolute atomic E-state index is 0.0322. The van der Waals surface area contributed by atoms with E-state index in [2.05, 4.69) is 54.3 Å². The zero-order valence-corrected chi connectivity index (χ0v) is 63.5. The zero-order valence-electron chi connectivity index (χ0n) is 62.8. The maximum atomic E-state index is 13.4. The van der Waals surface area contributed by atoms with Crippen molar-refractivity contribution >= 4 is 70.8 Å². The highest BCUT2D eigenvalue weighted by molar-refractivity contribution is 6.62. The Morgan fingerprint density at radius 3 is 1.19 bits per heavy atom. The number of hydrogen-bond acceptors (Lipinski definition) is 16. The second kappa shape index (κ2) is 30.5. The highest BCUT2D eigenvalue weighted by Gasteiger charge is 2.57. The van der Waals surface area contributed by atoms with E-state index in [0.29, 0.717) is 99.5 Å². The van der Waals surface area contributed by atoms with E-state index in [1.807, 2.05) is 40.7 Å². The molecule has 3 aliphatic carbocycles. The lowest BCUT2D eigenvalue weighted by Gasteiger charge is -2.32. The first kappa shape index (κ1) is 84.5. The van der Waals surface area contributed by atoms with Crippen LogP contribution in [0.25, 0.3) is 22.5 Å². The Morgan fingerprint density at radius 2 is 0.797 bits per heavy atom. The minimum Gasteiger partial charge on any atom is -0.399 e. The molecule has 0 bridgehead atoms. The van der Waals surface area contributed by atoms with Gasteiger partial charge in [0, 0.05) is 33.0 Å². The Morgan fingerprint density at radius 1 is 0.432 bits per heavy atom. The van der Waals surface area contributed by atoms with Crippen LogP contribution in [-0.4, -0.2) is 100 Å². The number of aliphatic hydroxyl groups excluding tert-OH is 1. The van der Waals surface area contributed by atoms with E-state index in [0.717, 1.165) is 29.8 Å². The molecule has 7 aliphatic rings. The number of amides is 3. The van der Waals surface area contributed by atoms with Crippen molar-refractivity contribution in [3.8, 4) is 57.0 Å². The second-order valence-corrected chi connectivity index (χ2v) is 30.2. The van der Waals surface area contributed by atoms with Crippen LogP contribution in [0.5, 0.6) is 34.5 Å². The number of carbonyl (C=O) groups is 5. The molecule has 1 saturated heterocycles. The monoisotopic (exact) mass is 1680 g/mol. The number of Topliss-reactive ketones (excluding diaryl/α,β-unsaturated/α-hetero) is 2. The van der Waals surface area contributed by atoms with Crippen molar-refractivity contribution in [3.63, 3.8) is 0 Å². The number of carbonyl (C=O) groups excluding carboxylic acids is 5. The molecular weight excluding hydrogens is 1610 g/mol. The quantitative estimate of drug-likeness (QED) is 0.0424. The number of nitrogens with one attached hydrogen (secondary N) is 3. The molecule has 1 unspecified atom stereocenters. The number of hydrogen-bond donors (Lipinski definition) is 4. The number of aromatic nitrogens is 2. The maximum absolute atomic E-state index is 13.4. The van der Waals surface area contributed by atoms with E-state index in [1.165, 1.54) is 91.0 Å². The summed E-state index contributed by atoms with van der Waals surface area (Å²) in [6.07, 6.45) is -25.4. The molecule has 19 nitrogen and oxygen atoms in total. The van der Waals surface area contributed by atoms with Gasteiger partial charge in [-0.2, -0.15) is 39.5 Å². The van der Waals surface area contributed by atoms with Gasteiger partial charge in [0.05, 0.1) is 38.8 Å². The number of pyridine rings is 2. The molecule has 9 aromatic rings. The Kier molecular flexibility index (Phi) is 21.8. The van der Waals surface area contributed by atoms with Crippen molar-refractivity contribution in [1.82, 2.24) is 9.97 Å². The number of anilines is 3. The normalized spacial score (nSPS) is 18.3. The number of benzene rings is 7. The average Bonchev–Trinajstić information content (AvgIpc) is 1.59. The molecule has 1 atom stereocenters. The third-order valence-electron chi connectivity index (χ3n) is 20.9. The van der Waals surface area contributed by atoms with Crippen LogP contribution >= 0.6 is 11.6 Å². The van der Waals surface area contributed by atoms with Gasteiger partial charge >= 0.3 is 44.5 Å². The Labute approximate surface area is 666 Å².